The van der Waals surface area contributed by atoms with Crippen molar-refractivity contribution in [3.63, 3.8) is 0 Å². The molecule has 0 spiro atoms. The number of alkyl halides is 4. The summed E-state index contributed by atoms with van der Waals surface area (Å²) in [4.78, 5) is 12.2. The van der Waals surface area contributed by atoms with E-state index in [1.54, 1.807) is 0 Å². The largest absolute Gasteiger partial charge is 0.146 e. The molecule has 17 heteroatoms. The van der Waals surface area contributed by atoms with Gasteiger partial charge in [-0.05, 0) is 42.0 Å². The van der Waals surface area contributed by atoms with Crippen LogP contribution in [0.25, 0.3) is 0 Å². The van der Waals surface area contributed by atoms with E-state index in [-0.39, 0.29) is 62.2 Å². The van der Waals surface area contributed by atoms with Crippen LogP contribution in [-0.4, -0.2) is 115 Å². The fraction of sp³-hybridized carbons (Fsp3) is 0.510. The number of carbonyl (C=O) groups excluding carboxylic acids is 1. The first kappa shape index (κ1) is 57.7. The van der Waals surface area contributed by atoms with Gasteiger partial charge in [-0.25, -0.2) is 4.79 Å². The number of rotatable bonds is 20. The molecule has 10 nitrogen and oxygen atoms in total. The van der Waals surface area contributed by atoms with Gasteiger partial charge in [0.2, 0.25) is 6.29 Å². The van der Waals surface area contributed by atoms with Crippen molar-refractivity contribution in [2.75, 3.05) is 13.7 Å². The van der Waals surface area contributed by atoms with E-state index in [0.29, 0.717) is 12.8 Å². The van der Waals surface area contributed by atoms with Gasteiger partial charge in [0.15, 0.2) is 12.2 Å². The van der Waals surface area contributed by atoms with E-state index in [4.69, 9.17) is 29.0 Å². The molecule has 373 valence electrons. The van der Waals surface area contributed by atoms with E-state index in [0.717, 1.165) is 29.4 Å². The number of ether oxygens (including phenoxy) is 8. The van der Waals surface area contributed by atoms with Crippen molar-refractivity contribution in [2.45, 2.75) is 141 Å². The minimum absolute atomic E-state index is 0. The fourth-order valence-electron chi connectivity index (χ4n) is 8.25. The Morgan fingerprint density at radius 1 is 0.647 bits per heavy atom. The molecule has 3 radical (unpaired) electrons. The molecule has 0 amide bonds. The molecule has 68 heavy (non-hydrogen) atoms. The number of aliphatic hydroxyl groups excluding tert-OH is 1. The number of aliphatic hydroxyl groups is 1. The van der Waals surface area contributed by atoms with Crippen molar-refractivity contribution in [3.8, 4) is 0 Å². The fourth-order valence-corrected chi connectivity index (χ4v) is 8.25. The predicted octanol–water partition coefficient (Wildman–Crippen LogP) is 8.79. The van der Waals surface area contributed by atoms with Crippen molar-refractivity contribution >= 4 is 51.2 Å². The molecule has 2 saturated heterocycles. The van der Waals surface area contributed by atoms with Gasteiger partial charge >= 0.3 is 46.3 Å². The first-order chi connectivity index (χ1) is 32.7. The summed E-state index contributed by atoms with van der Waals surface area (Å²) in [5, 5.41) is 9.91. The van der Waals surface area contributed by atoms with Crippen molar-refractivity contribution in [1.82, 2.24) is 0 Å². The first-order valence-corrected chi connectivity index (χ1v) is 23.9. The van der Waals surface area contributed by atoms with Gasteiger partial charge in [-0.15, -0.1) is 0 Å². The summed E-state index contributed by atoms with van der Waals surface area (Å²) in [7, 11) is 1.03. The minimum Gasteiger partial charge on any atom is 0.146 e. The molecule has 11 atom stereocenters. The quantitative estimate of drug-likeness (QED) is 0.0303. The molecule has 2 aliphatic heterocycles. The third kappa shape index (κ3) is 16.3. The van der Waals surface area contributed by atoms with Crippen LogP contribution in [0.3, 0.4) is 0 Å². The SMILES string of the molecule is CCOC(=O)C(F)(F)[C@@H]1O[C@H](CC)[C@H](C)[C@H](OCc2ccccc2)[C@H]1OCc1ccccc1.CC[C@H]1O[C@@H](C(F)(F)C(O)OC)[C@H](OCc2ccccc2)[C@@H](OCc2ccccc2)[C@H]1C.[2H][IH][B].[AlH2]. The van der Waals surface area contributed by atoms with E-state index in [2.05, 4.69) is 15.2 Å². The van der Waals surface area contributed by atoms with Crippen LogP contribution in [0, 0.1) is 11.8 Å². The van der Waals surface area contributed by atoms with E-state index in [9.17, 15) is 9.90 Å². The van der Waals surface area contributed by atoms with E-state index >= 15 is 17.6 Å². The maximum absolute atomic E-state index is 15.3. The summed E-state index contributed by atoms with van der Waals surface area (Å²) in [5.74, 6) is -9.63. The van der Waals surface area contributed by atoms with Crippen LogP contribution in [0.5, 0.6) is 0 Å². The van der Waals surface area contributed by atoms with Crippen LogP contribution in [-0.2, 0) is 69.1 Å². The Labute approximate surface area is 424 Å². The van der Waals surface area contributed by atoms with Crippen molar-refractivity contribution in [3.05, 3.63) is 144 Å². The molecule has 6 rings (SSSR count). The number of benzene rings is 4. The van der Waals surface area contributed by atoms with E-state index in [1.807, 2.05) is 149 Å². The van der Waals surface area contributed by atoms with Gasteiger partial charge in [0.1, 0.15) is 29.6 Å². The van der Waals surface area contributed by atoms with E-state index in [1.165, 1.54) is 6.92 Å². The zero-order valence-corrected chi connectivity index (χ0v) is 44.3. The Kier molecular flexibility index (Phi) is 25.5. The normalized spacial score (nSPS) is 25.5. The second-order valence-electron chi connectivity index (χ2n) is 16.4. The molecule has 2 aliphatic rings. The second-order valence-corrected chi connectivity index (χ2v) is 16.4. The molecule has 0 saturated carbocycles. The van der Waals surface area contributed by atoms with Gasteiger partial charge in [-0.1, -0.05) is 149 Å². The molecular formula is C51H68AlBF4IO10. The molecule has 4 aromatic carbocycles. The summed E-state index contributed by atoms with van der Waals surface area (Å²) in [6.45, 7) is 9.57. The van der Waals surface area contributed by atoms with Crippen LogP contribution >= 0.6 is 22.2 Å². The summed E-state index contributed by atoms with van der Waals surface area (Å²) in [5.41, 5.74) is 8.16. The molecule has 0 bridgehead atoms. The van der Waals surface area contributed by atoms with Gasteiger partial charge in [0.25, 0.3) is 0 Å². The van der Waals surface area contributed by atoms with Gasteiger partial charge in [0, 0.05) is 18.9 Å². The third-order valence-electron chi connectivity index (χ3n) is 11.9. The maximum Gasteiger partial charge on any atom is 0.146 e. The van der Waals surface area contributed by atoms with Gasteiger partial charge in [0.05, 0.1) is 57.5 Å². The monoisotopic (exact) mass is 1080 g/mol. The molecule has 0 aliphatic carbocycles. The minimum atomic E-state index is -3.89. The van der Waals surface area contributed by atoms with Gasteiger partial charge in [-0.2, -0.15) is 17.6 Å². The van der Waals surface area contributed by atoms with Crippen molar-refractivity contribution in [1.29, 1.82) is 0.594 Å². The Bertz CT molecular complexity index is 2000. The zero-order valence-electron chi connectivity index (χ0n) is 41.0. The first-order valence-electron chi connectivity index (χ1n) is 23.0. The second kappa shape index (κ2) is 30.1. The summed E-state index contributed by atoms with van der Waals surface area (Å²) in [6, 6.07) is 37.6. The van der Waals surface area contributed by atoms with Crippen molar-refractivity contribution in [2.24, 2.45) is 11.8 Å². The molecule has 2 heterocycles. The molecule has 1 N–H and O–H groups in total. The Morgan fingerprint density at radius 3 is 1.26 bits per heavy atom. The molecule has 2 fully saturated rings. The standard InChI is InChI=1S/C26H32F2O5.C25H32F2O5.Al.BH2I.2H/c1-4-21-18(3)22(31-16-19-12-8-6-9-13-19)23(32-17-20-14-10-7-11-15-20)24(33-21)26(27,28)25(29)30-5-2;1-4-20-17(2)21(30-15-18-11-7-5-8-12-18)22(31-16-19-13-9-6-10-14-19)23(32-20)25(26,27)24(28)29-3;;1-2;;/h6-15,18,21-24H,4-5,16-17H2,1-3H3;5-14,17,20-24,28H,4,15-16H2,1-3H3;;2H2;;/t18-,21+,22-,23+,24+;17-,20+,21-,22+,23+,24?;;;;/m00..../s1/i;;;2D;;. The average molecular weight is 1080 g/mol. The summed E-state index contributed by atoms with van der Waals surface area (Å²) < 4.78 is 112. The number of esters is 1. The number of halogens is 5. The number of hydrogen-bond donors (Lipinski definition) is 1. The van der Waals surface area contributed by atoms with Crippen LogP contribution in [0.15, 0.2) is 121 Å². The Balaban J connectivity index is 0.000000341. The molecular weight excluding hydrogens is 1010 g/mol. The number of methoxy groups -OCH3 is 1. The molecule has 0 aromatic heterocycles. The molecule has 4 aromatic rings. The van der Waals surface area contributed by atoms with E-state index < -0.39 is 95.1 Å². The predicted molar refractivity (Wildman–Crippen MR) is 267 cm³/mol. The van der Waals surface area contributed by atoms with Crippen LogP contribution in [0.1, 0.15) is 69.7 Å². The van der Waals surface area contributed by atoms with Crippen LogP contribution in [0.4, 0.5) is 17.6 Å². The van der Waals surface area contributed by atoms with Crippen LogP contribution in [0.2, 0.25) is 0 Å². The smallest absolute Gasteiger partial charge is 0.146 e. The van der Waals surface area contributed by atoms with Gasteiger partial charge in [-0.3, -0.25) is 0 Å². The summed E-state index contributed by atoms with van der Waals surface area (Å²) in [6.07, 6.45) is -9.54. The van der Waals surface area contributed by atoms with Crippen molar-refractivity contribution < 1.29 is 65.4 Å². The topological polar surface area (TPSA) is 111 Å². The zero-order chi connectivity index (χ0) is 49.7. The maximum atomic E-state index is 15.3. The number of hydrogen-bond acceptors (Lipinski definition) is 10. The summed E-state index contributed by atoms with van der Waals surface area (Å²) >= 11 is -0.780. The average Bonchev–Trinajstić information content (AvgIpc) is 3.35. The third-order valence-corrected chi connectivity index (χ3v) is 11.9. The Morgan fingerprint density at radius 2 is 0.956 bits per heavy atom. The van der Waals surface area contributed by atoms with Crippen LogP contribution < -0.4 is 0 Å². The molecule has 1 unspecified atom stereocenters. The Hall–Kier alpha value is -2.92. The number of carbonyl (C=O) groups is 1. The van der Waals surface area contributed by atoms with Gasteiger partial charge < -0.3 is 43.0 Å².